The van der Waals surface area contributed by atoms with E-state index < -0.39 is 0 Å². The zero-order valence-corrected chi connectivity index (χ0v) is 9.38. The number of hydrogen-bond donors (Lipinski definition) is 0. The van der Waals surface area contributed by atoms with Crippen LogP contribution in [0.3, 0.4) is 0 Å². The van der Waals surface area contributed by atoms with Gasteiger partial charge in [0.15, 0.2) is 5.78 Å². The van der Waals surface area contributed by atoms with E-state index in [0.29, 0.717) is 10.7 Å². The first-order chi connectivity index (χ1) is 7.13. The van der Waals surface area contributed by atoms with E-state index in [4.69, 9.17) is 11.6 Å². The standard InChI is InChI=1S/C11H11ClN2O/c1-3-14-11(12)9-6-8(7(2)15)4-5-10(9)13-14/h4-6H,3H2,1-2H3. The number of aryl methyl sites for hydroxylation is 1. The zero-order valence-electron chi connectivity index (χ0n) is 8.62. The summed E-state index contributed by atoms with van der Waals surface area (Å²) in [5.41, 5.74) is 1.49. The third-order valence-electron chi connectivity index (χ3n) is 2.38. The number of ketones is 1. The van der Waals surface area contributed by atoms with Crippen LogP contribution in [-0.2, 0) is 6.54 Å². The number of hydrogen-bond acceptors (Lipinski definition) is 2. The van der Waals surface area contributed by atoms with E-state index in [0.717, 1.165) is 17.4 Å². The van der Waals surface area contributed by atoms with Crippen molar-refractivity contribution in [2.24, 2.45) is 0 Å². The van der Waals surface area contributed by atoms with Crippen molar-refractivity contribution in [3.8, 4) is 0 Å². The van der Waals surface area contributed by atoms with E-state index >= 15 is 0 Å². The molecule has 0 N–H and O–H groups in total. The molecule has 0 amide bonds. The lowest BCUT2D eigenvalue weighted by Crippen LogP contribution is -1.94. The molecule has 1 heterocycles. The second kappa shape index (κ2) is 3.66. The van der Waals surface area contributed by atoms with Crippen molar-refractivity contribution in [3.05, 3.63) is 28.9 Å². The van der Waals surface area contributed by atoms with Gasteiger partial charge in [-0.05, 0) is 32.0 Å². The number of carbonyl (C=O) groups is 1. The molecule has 3 nitrogen and oxygen atoms in total. The van der Waals surface area contributed by atoms with Gasteiger partial charge in [-0.3, -0.25) is 9.48 Å². The van der Waals surface area contributed by atoms with Gasteiger partial charge in [0.2, 0.25) is 0 Å². The van der Waals surface area contributed by atoms with Crippen molar-refractivity contribution in [2.45, 2.75) is 20.4 Å². The predicted molar refractivity (Wildman–Crippen MR) is 60.4 cm³/mol. The average Bonchev–Trinajstić information content (AvgIpc) is 2.55. The topological polar surface area (TPSA) is 34.9 Å². The van der Waals surface area contributed by atoms with Crippen molar-refractivity contribution in [3.63, 3.8) is 0 Å². The summed E-state index contributed by atoms with van der Waals surface area (Å²) >= 11 is 6.12. The number of benzene rings is 1. The maximum atomic E-state index is 11.2. The zero-order chi connectivity index (χ0) is 11.0. The Morgan fingerprint density at radius 3 is 2.87 bits per heavy atom. The van der Waals surface area contributed by atoms with E-state index in [1.807, 2.05) is 13.0 Å². The molecule has 0 saturated heterocycles. The van der Waals surface area contributed by atoms with Gasteiger partial charge in [0.1, 0.15) is 5.15 Å². The lowest BCUT2D eigenvalue weighted by atomic mass is 10.1. The van der Waals surface area contributed by atoms with Crippen LogP contribution in [0.25, 0.3) is 10.9 Å². The lowest BCUT2D eigenvalue weighted by Gasteiger charge is -1.95. The molecule has 0 aliphatic heterocycles. The SMILES string of the molecule is CCn1nc2ccc(C(C)=O)cc2c1Cl. The quantitative estimate of drug-likeness (QED) is 0.733. The van der Waals surface area contributed by atoms with Crippen molar-refractivity contribution in [1.82, 2.24) is 9.78 Å². The molecule has 0 saturated carbocycles. The summed E-state index contributed by atoms with van der Waals surface area (Å²) in [6.45, 7) is 4.24. The van der Waals surface area contributed by atoms with Crippen molar-refractivity contribution >= 4 is 28.3 Å². The summed E-state index contributed by atoms with van der Waals surface area (Å²) in [7, 11) is 0. The molecule has 0 spiro atoms. The van der Waals surface area contributed by atoms with Gasteiger partial charge in [-0.25, -0.2) is 0 Å². The number of fused-ring (bicyclic) bond motifs is 1. The van der Waals surface area contributed by atoms with E-state index in [1.54, 1.807) is 23.7 Å². The molecule has 1 aromatic carbocycles. The fraction of sp³-hybridized carbons (Fsp3) is 0.273. The number of carbonyl (C=O) groups excluding carboxylic acids is 1. The van der Waals surface area contributed by atoms with Gasteiger partial charge in [-0.1, -0.05) is 11.6 Å². The van der Waals surface area contributed by atoms with Crippen LogP contribution in [-0.4, -0.2) is 15.6 Å². The van der Waals surface area contributed by atoms with Crippen LogP contribution in [0, 0.1) is 0 Å². The molecule has 78 valence electrons. The van der Waals surface area contributed by atoms with Crippen molar-refractivity contribution in [2.75, 3.05) is 0 Å². The highest BCUT2D eigenvalue weighted by Crippen LogP contribution is 2.24. The second-order valence-electron chi connectivity index (χ2n) is 3.39. The van der Waals surface area contributed by atoms with Crippen LogP contribution in [0.4, 0.5) is 0 Å². The smallest absolute Gasteiger partial charge is 0.159 e. The maximum absolute atomic E-state index is 11.2. The average molecular weight is 223 g/mol. The number of nitrogens with zero attached hydrogens (tertiary/aromatic N) is 2. The minimum Gasteiger partial charge on any atom is -0.295 e. The molecular formula is C11H11ClN2O. The maximum Gasteiger partial charge on any atom is 0.159 e. The summed E-state index contributed by atoms with van der Waals surface area (Å²) in [6, 6.07) is 5.39. The summed E-state index contributed by atoms with van der Waals surface area (Å²) in [5, 5.41) is 5.74. The van der Waals surface area contributed by atoms with Crippen LogP contribution >= 0.6 is 11.6 Å². The highest BCUT2D eigenvalue weighted by Gasteiger charge is 2.09. The van der Waals surface area contributed by atoms with Crippen molar-refractivity contribution < 1.29 is 4.79 Å². The fourth-order valence-corrected chi connectivity index (χ4v) is 1.84. The minimum absolute atomic E-state index is 0.0391. The molecule has 0 aliphatic rings. The van der Waals surface area contributed by atoms with Crippen LogP contribution in [0.2, 0.25) is 5.15 Å². The molecule has 1 aromatic heterocycles. The number of rotatable bonds is 2. The normalized spacial score (nSPS) is 10.9. The monoisotopic (exact) mass is 222 g/mol. The fourth-order valence-electron chi connectivity index (χ4n) is 1.53. The number of halogens is 1. The minimum atomic E-state index is 0.0391. The Morgan fingerprint density at radius 1 is 1.53 bits per heavy atom. The summed E-state index contributed by atoms with van der Waals surface area (Å²) < 4.78 is 1.72. The molecule has 4 heteroatoms. The Bertz CT molecular complexity index is 531. The van der Waals surface area contributed by atoms with Gasteiger partial charge in [0.25, 0.3) is 0 Å². The van der Waals surface area contributed by atoms with Crippen LogP contribution in [0.15, 0.2) is 18.2 Å². The molecule has 0 aliphatic carbocycles. The second-order valence-corrected chi connectivity index (χ2v) is 3.75. The number of Topliss-reactive ketones (excluding diaryl/α,β-unsaturated/α-hetero) is 1. The Hall–Kier alpha value is -1.35. The van der Waals surface area contributed by atoms with Crippen LogP contribution in [0.5, 0.6) is 0 Å². The largest absolute Gasteiger partial charge is 0.295 e. The van der Waals surface area contributed by atoms with E-state index in [1.165, 1.54) is 0 Å². The van der Waals surface area contributed by atoms with Gasteiger partial charge in [-0.15, -0.1) is 0 Å². The Kier molecular flexibility index (Phi) is 2.49. The summed E-state index contributed by atoms with van der Waals surface area (Å²) in [6.07, 6.45) is 0. The molecule has 0 fully saturated rings. The first kappa shape index (κ1) is 10.2. The predicted octanol–water partition coefficient (Wildman–Crippen LogP) is 2.91. The van der Waals surface area contributed by atoms with Crippen LogP contribution < -0.4 is 0 Å². The molecule has 15 heavy (non-hydrogen) atoms. The highest BCUT2D eigenvalue weighted by molar-refractivity contribution is 6.34. The van der Waals surface area contributed by atoms with Gasteiger partial charge in [-0.2, -0.15) is 5.10 Å². The molecule has 0 atom stereocenters. The third-order valence-corrected chi connectivity index (χ3v) is 2.78. The molecule has 2 rings (SSSR count). The van der Waals surface area contributed by atoms with E-state index in [-0.39, 0.29) is 5.78 Å². The van der Waals surface area contributed by atoms with Gasteiger partial charge < -0.3 is 0 Å². The first-order valence-corrected chi connectivity index (χ1v) is 5.18. The highest BCUT2D eigenvalue weighted by atomic mass is 35.5. The van der Waals surface area contributed by atoms with Gasteiger partial charge in [0, 0.05) is 17.5 Å². The van der Waals surface area contributed by atoms with Gasteiger partial charge >= 0.3 is 0 Å². The number of aromatic nitrogens is 2. The van der Waals surface area contributed by atoms with Crippen molar-refractivity contribution in [1.29, 1.82) is 0 Å². The Labute approximate surface area is 92.6 Å². The third kappa shape index (κ3) is 1.63. The Morgan fingerprint density at radius 2 is 2.27 bits per heavy atom. The van der Waals surface area contributed by atoms with Crippen LogP contribution in [0.1, 0.15) is 24.2 Å². The Balaban J connectivity index is 2.70. The summed E-state index contributed by atoms with van der Waals surface area (Å²) in [4.78, 5) is 11.2. The van der Waals surface area contributed by atoms with E-state index in [2.05, 4.69) is 5.10 Å². The molecular weight excluding hydrogens is 212 g/mol. The lowest BCUT2D eigenvalue weighted by molar-refractivity contribution is 0.101. The molecule has 0 bridgehead atoms. The first-order valence-electron chi connectivity index (χ1n) is 4.80. The van der Waals surface area contributed by atoms with E-state index in [9.17, 15) is 4.79 Å². The summed E-state index contributed by atoms with van der Waals surface area (Å²) in [5.74, 6) is 0.0391. The van der Waals surface area contributed by atoms with Gasteiger partial charge in [0.05, 0.1) is 5.52 Å². The molecule has 2 aromatic rings. The molecule has 0 radical (unpaired) electrons. The molecule has 0 unspecified atom stereocenters.